The molecule has 0 heterocycles. The van der Waals surface area contributed by atoms with Gasteiger partial charge in [-0.3, -0.25) is 14.9 Å². The summed E-state index contributed by atoms with van der Waals surface area (Å²) in [5.41, 5.74) is 3.79. The minimum absolute atomic E-state index is 0.0129. The summed E-state index contributed by atoms with van der Waals surface area (Å²) in [4.78, 5) is 26.0. The third-order valence-electron chi connectivity index (χ3n) is 5.99. The summed E-state index contributed by atoms with van der Waals surface area (Å²) in [6.45, 7) is 2.28. The minimum atomic E-state index is -3.75. The number of nitrogens with zero attached hydrogens (tertiary/aromatic N) is 2. The van der Waals surface area contributed by atoms with Crippen molar-refractivity contribution in [3.05, 3.63) is 105 Å². The summed E-state index contributed by atoms with van der Waals surface area (Å²) in [5.74, 6) is -0.439. The molecule has 170 valence electrons. The summed E-state index contributed by atoms with van der Waals surface area (Å²) in [6.07, 6.45) is 2.52. The van der Waals surface area contributed by atoms with Crippen LogP contribution in [0.25, 0.3) is 0 Å². The highest BCUT2D eigenvalue weighted by Crippen LogP contribution is 2.37. The monoisotopic (exact) mass is 464 g/mol. The molecule has 3 aromatic rings. The molecule has 0 aliphatic heterocycles. The fourth-order valence-electron chi connectivity index (χ4n) is 4.26. The molecule has 1 aliphatic carbocycles. The highest BCUT2D eigenvalue weighted by Gasteiger charge is 2.32. The number of hydrogen-bond acceptors (Lipinski definition) is 5. The van der Waals surface area contributed by atoms with E-state index in [1.54, 1.807) is 4.90 Å². The molecule has 4 rings (SSSR count). The number of nitro groups is 1. The molecule has 8 heteroatoms. The summed E-state index contributed by atoms with van der Waals surface area (Å²) in [6, 6.07) is 18.9. The Morgan fingerprint density at radius 1 is 1.09 bits per heavy atom. The van der Waals surface area contributed by atoms with Gasteiger partial charge in [0.2, 0.25) is 0 Å². The maximum absolute atomic E-state index is 13.8. The number of non-ortho nitro benzene ring substituents is 1. The van der Waals surface area contributed by atoms with Crippen molar-refractivity contribution in [3.63, 3.8) is 0 Å². The number of nitro benzene ring substituents is 1. The molecule has 1 amide bonds. The molecule has 33 heavy (non-hydrogen) atoms. The van der Waals surface area contributed by atoms with E-state index in [-0.39, 0.29) is 16.5 Å². The molecule has 0 bridgehead atoms. The molecule has 0 saturated heterocycles. The Hall–Kier alpha value is -3.52. The first-order valence-corrected chi connectivity index (χ1v) is 12.5. The van der Waals surface area contributed by atoms with Crippen molar-refractivity contribution in [3.8, 4) is 0 Å². The van der Waals surface area contributed by atoms with Crippen molar-refractivity contribution in [2.75, 3.05) is 6.26 Å². The van der Waals surface area contributed by atoms with Gasteiger partial charge in [0.15, 0.2) is 9.84 Å². The molecule has 0 radical (unpaired) electrons. The van der Waals surface area contributed by atoms with Gasteiger partial charge < -0.3 is 4.90 Å². The minimum Gasteiger partial charge on any atom is -0.327 e. The van der Waals surface area contributed by atoms with Crippen molar-refractivity contribution in [2.45, 2.75) is 37.2 Å². The van der Waals surface area contributed by atoms with E-state index in [4.69, 9.17) is 0 Å². The predicted molar refractivity (Wildman–Crippen MR) is 125 cm³/mol. The highest BCUT2D eigenvalue weighted by atomic mass is 32.2. The number of carbonyl (C=O) groups excluding carboxylic acids is 1. The zero-order valence-electron chi connectivity index (χ0n) is 18.4. The molecule has 0 fully saturated rings. The van der Waals surface area contributed by atoms with Gasteiger partial charge in [-0.1, -0.05) is 54.1 Å². The fraction of sp³-hybridized carbons (Fsp3) is 0.240. The molecule has 1 unspecified atom stereocenters. The average Bonchev–Trinajstić information content (AvgIpc) is 3.21. The SMILES string of the molecule is Cc1ccc(CN(C(=O)c2cc([N+](=O)[O-])cc(S(C)(=O)=O)c2)C2CCc3ccccc32)cc1. The summed E-state index contributed by atoms with van der Waals surface area (Å²) < 4.78 is 24.3. The number of rotatable bonds is 6. The summed E-state index contributed by atoms with van der Waals surface area (Å²) >= 11 is 0. The van der Waals surface area contributed by atoms with Crippen LogP contribution in [0.4, 0.5) is 5.69 Å². The van der Waals surface area contributed by atoms with E-state index in [0.717, 1.165) is 47.9 Å². The van der Waals surface area contributed by atoms with Gasteiger partial charge in [-0.2, -0.15) is 0 Å². The second-order valence-electron chi connectivity index (χ2n) is 8.42. The van der Waals surface area contributed by atoms with E-state index in [9.17, 15) is 23.3 Å². The molecule has 1 atom stereocenters. The Balaban J connectivity index is 1.80. The van der Waals surface area contributed by atoms with Crippen molar-refractivity contribution in [1.29, 1.82) is 0 Å². The molecule has 0 spiro atoms. The number of hydrogen-bond donors (Lipinski definition) is 0. The number of sulfone groups is 1. The molecule has 3 aromatic carbocycles. The molecule has 7 nitrogen and oxygen atoms in total. The Labute approximate surface area is 192 Å². The first-order chi connectivity index (χ1) is 15.6. The third-order valence-corrected chi connectivity index (χ3v) is 7.08. The van der Waals surface area contributed by atoms with Crippen LogP contribution in [-0.4, -0.2) is 30.4 Å². The maximum atomic E-state index is 13.8. The number of benzene rings is 3. The lowest BCUT2D eigenvalue weighted by Crippen LogP contribution is -2.33. The lowest BCUT2D eigenvalue weighted by Gasteiger charge is -2.30. The van der Waals surface area contributed by atoms with Crippen molar-refractivity contribution in [2.24, 2.45) is 0 Å². The largest absolute Gasteiger partial charge is 0.327 e. The van der Waals surface area contributed by atoms with E-state index >= 15 is 0 Å². The highest BCUT2D eigenvalue weighted by molar-refractivity contribution is 7.90. The van der Waals surface area contributed by atoms with E-state index in [2.05, 4.69) is 0 Å². The average molecular weight is 465 g/mol. The number of amides is 1. The second kappa shape index (κ2) is 8.78. The number of fused-ring (bicyclic) bond motifs is 1. The van der Waals surface area contributed by atoms with Crippen LogP contribution in [0.1, 0.15) is 45.1 Å². The van der Waals surface area contributed by atoms with Crippen molar-refractivity contribution in [1.82, 2.24) is 4.90 Å². The van der Waals surface area contributed by atoms with Crippen LogP contribution >= 0.6 is 0 Å². The van der Waals surface area contributed by atoms with Gasteiger partial charge in [-0.05, 0) is 42.5 Å². The smallest absolute Gasteiger partial charge is 0.271 e. The van der Waals surface area contributed by atoms with Gasteiger partial charge in [-0.15, -0.1) is 0 Å². The Morgan fingerprint density at radius 2 is 1.79 bits per heavy atom. The molecule has 0 aromatic heterocycles. The van der Waals surface area contributed by atoms with Gasteiger partial charge in [0, 0.05) is 30.5 Å². The molecular weight excluding hydrogens is 440 g/mol. The van der Waals surface area contributed by atoms with Crippen LogP contribution in [0.15, 0.2) is 71.6 Å². The van der Waals surface area contributed by atoms with Crippen LogP contribution in [-0.2, 0) is 22.8 Å². The van der Waals surface area contributed by atoms with Crippen molar-refractivity contribution >= 4 is 21.4 Å². The van der Waals surface area contributed by atoms with Gasteiger partial charge in [-0.25, -0.2) is 8.42 Å². The number of carbonyl (C=O) groups is 1. The van der Waals surface area contributed by atoms with Crippen LogP contribution in [0.2, 0.25) is 0 Å². The lowest BCUT2D eigenvalue weighted by atomic mass is 10.0. The quantitative estimate of drug-likeness (QED) is 0.391. The summed E-state index contributed by atoms with van der Waals surface area (Å²) in [7, 11) is -3.75. The van der Waals surface area contributed by atoms with Gasteiger partial charge in [0.1, 0.15) is 0 Å². The van der Waals surface area contributed by atoms with E-state index in [0.29, 0.717) is 6.54 Å². The zero-order chi connectivity index (χ0) is 23.8. The second-order valence-corrected chi connectivity index (χ2v) is 10.4. The van der Waals surface area contributed by atoms with Crippen LogP contribution < -0.4 is 0 Å². The first-order valence-electron chi connectivity index (χ1n) is 10.6. The third kappa shape index (κ3) is 4.80. The van der Waals surface area contributed by atoms with Crippen LogP contribution in [0.3, 0.4) is 0 Å². The Bertz CT molecular complexity index is 1330. The van der Waals surface area contributed by atoms with Crippen molar-refractivity contribution < 1.29 is 18.1 Å². The Morgan fingerprint density at radius 3 is 2.45 bits per heavy atom. The lowest BCUT2D eigenvalue weighted by molar-refractivity contribution is -0.385. The predicted octanol–water partition coefficient (Wildman–Crippen LogP) is 4.64. The van der Waals surface area contributed by atoms with E-state index in [1.807, 2.05) is 55.5 Å². The molecular formula is C25H24N2O5S. The standard InChI is InChI=1S/C25H24N2O5S/c1-17-7-9-18(10-8-17)16-26(24-12-11-19-5-3-4-6-23(19)24)25(28)20-13-21(27(29)30)15-22(14-20)33(2,31)32/h3-10,13-15,24H,11-12,16H2,1-2H3. The Kier molecular flexibility index (Phi) is 6.03. The van der Waals surface area contributed by atoms with Gasteiger partial charge in [0.05, 0.1) is 15.9 Å². The fourth-order valence-corrected chi connectivity index (χ4v) is 4.94. The normalized spacial score (nSPS) is 15.2. The topological polar surface area (TPSA) is 97.6 Å². The maximum Gasteiger partial charge on any atom is 0.271 e. The van der Waals surface area contributed by atoms with Gasteiger partial charge >= 0.3 is 0 Å². The van der Waals surface area contributed by atoms with E-state index in [1.165, 1.54) is 11.6 Å². The van der Waals surface area contributed by atoms with Crippen LogP contribution in [0.5, 0.6) is 0 Å². The molecule has 0 N–H and O–H groups in total. The van der Waals surface area contributed by atoms with Crippen LogP contribution in [0, 0.1) is 17.0 Å². The zero-order valence-corrected chi connectivity index (χ0v) is 19.2. The number of aryl methyl sites for hydroxylation is 2. The first kappa shape index (κ1) is 22.7. The summed E-state index contributed by atoms with van der Waals surface area (Å²) in [5, 5.41) is 11.5. The van der Waals surface area contributed by atoms with Gasteiger partial charge in [0.25, 0.3) is 11.6 Å². The van der Waals surface area contributed by atoms with E-state index < -0.39 is 26.4 Å². The molecule has 0 saturated carbocycles. The molecule has 1 aliphatic rings.